The second-order valence-corrected chi connectivity index (χ2v) is 4.12. The number of methoxy groups -OCH3 is 1. The number of aromatic hydroxyl groups is 1. The average molecular weight is 297 g/mol. The molecule has 7 heteroatoms. The monoisotopic (exact) mass is 297 g/mol. The molecule has 0 unspecified atom stereocenters. The lowest BCUT2D eigenvalue weighted by molar-refractivity contribution is -0.137. The van der Waals surface area contributed by atoms with Gasteiger partial charge in [0.15, 0.2) is 0 Å². The largest absolute Gasteiger partial charge is 0.505 e. The van der Waals surface area contributed by atoms with Crippen LogP contribution in [0.5, 0.6) is 5.75 Å². The van der Waals surface area contributed by atoms with Crippen LogP contribution in [-0.2, 0) is 10.9 Å². The van der Waals surface area contributed by atoms with Crippen molar-refractivity contribution < 1.29 is 27.8 Å². The first kappa shape index (κ1) is 14.8. The van der Waals surface area contributed by atoms with Crippen molar-refractivity contribution in [3.8, 4) is 16.9 Å². The van der Waals surface area contributed by atoms with Gasteiger partial charge < -0.3 is 9.84 Å². The number of aromatic nitrogens is 1. The number of pyridine rings is 1. The Kier molecular flexibility index (Phi) is 3.84. The molecule has 110 valence electrons. The van der Waals surface area contributed by atoms with Crippen molar-refractivity contribution in [3.05, 3.63) is 47.8 Å². The minimum Gasteiger partial charge on any atom is -0.505 e. The molecule has 0 bridgehead atoms. The summed E-state index contributed by atoms with van der Waals surface area (Å²) in [5.74, 6) is -1.49. The average Bonchev–Trinajstić information content (AvgIpc) is 2.45. The fraction of sp³-hybridized carbons (Fsp3) is 0.143. The van der Waals surface area contributed by atoms with Crippen LogP contribution in [0.2, 0.25) is 0 Å². The summed E-state index contributed by atoms with van der Waals surface area (Å²) in [6.45, 7) is 0. The highest BCUT2D eigenvalue weighted by molar-refractivity contribution is 6.00. The van der Waals surface area contributed by atoms with Crippen LogP contribution in [0.15, 0.2) is 36.7 Å². The predicted octanol–water partition coefficient (Wildman–Crippen LogP) is 3.26. The van der Waals surface area contributed by atoms with Gasteiger partial charge in [-0.05, 0) is 11.6 Å². The van der Waals surface area contributed by atoms with Crippen LogP contribution in [0.4, 0.5) is 13.2 Å². The number of halogens is 3. The Balaban J connectivity index is 2.75. The summed E-state index contributed by atoms with van der Waals surface area (Å²) in [6.07, 6.45) is -2.56. The first-order valence-corrected chi connectivity index (χ1v) is 5.78. The summed E-state index contributed by atoms with van der Waals surface area (Å²) in [5.41, 5.74) is -1.68. The molecule has 0 saturated carbocycles. The zero-order valence-corrected chi connectivity index (χ0v) is 10.8. The molecule has 0 amide bonds. The van der Waals surface area contributed by atoms with Crippen LogP contribution < -0.4 is 0 Å². The molecule has 0 atom stereocenters. The van der Waals surface area contributed by atoms with Gasteiger partial charge in [-0.25, -0.2) is 4.79 Å². The van der Waals surface area contributed by atoms with Crippen molar-refractivity contribution >= 4 is 5.97 Å². The molecule has 2 aromatic rings. The number of hydrogen-bond acceptors (Lipinski definition) is 4. The molecule has 0 aliphatic rings. The van der Waals surface area contributed by atoms with E-state index >= 15 is 0 Å². The topological polar surface area (TPSA) is 59.4 Å². The minimum absolute atomic E-state index is 0.144. The van der Waals surface area contributed by atoms with Gasteiger partial charge in [0.05, 0.1) is 18.9 Å². The quantitative estimate of drug-likeness (QED) is 0.864. The molecule has 0 spiro atoms. The number of nitrogens with zero attached hydrogens (tertiary/aromatic N) is 1. The first-order chi connectivity index (χ1) is 9.86. The molecule has 21 heavy (non-hydrogen) atoms. The van der Waals surface area contributed by atoms with E-state index in [0.29, 0.717) is 0 Å². The molecule has 0 aliphatic heterocycles. The second-order valence-electron chi connectivity index (χ2n) is 4.12. The van der Waals surface area contributed by atoms with Gasteiger partial charge in [0.2, 0.25) is 0 Å². The molecule has 2 rings (SSSR count). The molecule has 0 saturated heterocycles. The number of benzene rings is 1. The molecular weight excluding hydrogens is 287 g/mol. The molecule has 4 nitrogen and oxygen atoms in total. The number of carbonyl (C=O) groups is 1. The molecule has 1 heterocycles. The van der Waals surface area contributed by atoms with Gasteiger partial charge in [-0.2, -0.15) is 13.2 Å². The summed E-state index contributed by atoms with van der Waals surface area (Å²) in [5, 5.41) is 9.70. The zero-order valence-electron chi connectivity index (χ0n) is 10.8. The lowest BCUT2D eigenvalue weighted by Gasteiger charge is -2.15. The van der Waals surface area contributed by atoms with Crippen molar-refractivity contribution in [2.45, 2.75) is 6.18 Å². The van der Waals surface area contributed by atoms with Crippen LogP contribution >= 0.6 is 0 Å². The lowest BCUT2D eigenvalue weighted by atomic mass is 9.96. The van der Waals surface area contributed by atoms with E-state index in [2.05, 4.69) is 9.72 Å². The van der Waals surface area contributed by atoms with E-state index in [1.807, 2.05) is 0 Å². The third kappa shape index (κ3) is 2.81. The van der Waals surface area contributed by atoms with Gasteiger partial charge in [-0.15, -0.1) is 0 Å². The summed E-state index contributed by atoms with van der Waals surface area (Å²) >= 11 is 0. The Hall–Kier alpha value is -2.57. The Morgan fingerprint density at radius 2 is 1.86 bits per heavy atom. The van der Waals surface area contributed by atoms with E-state index in [0.717, 1.165) is 25.6 Å². The number of carbonyl (C=O) groups excluding carboxylic acids is 1. The number of alkyl halides is 3. The van der Waals surface area contributed by atoms with E-state index in [4.69, 9.17) is 0 Å². The molecule has 1 N–H and O–H groups in total. The third-order valence-electron chi connectivity index (χ3n) is 2.84. The molecule has 1 aromatic heterocycles. The van der Waals surface area contributed by atoms with Gasteiger partial charge in [0.1, 0.15) is 11.3 Å². The normalized spacial score (nSPS) is 11.2. The van der Waals surface area contributed by atoms with Gasteiger partial charge in [-0.3, -0.25) is 4.98 Å². The van der Waals surface area contributed by atoms with Crippen LogP contribution in [0.25, 0.3) is 11.1 Å². The van der Waals surface area contributed by atoms with Crippen molar-refractivity contribution in [2.24, 2.45) is 0 Å². The van der Waals surface area contributed by atoms with Crippen LogP contribution in [0.3, 0.4) is 0 Å². The van der Waals surface area contributed by atoms with Gasteiger partial charge in [0.25, 0.3) is 0 Å². The highest BCUT2D eigenvalue weighted by Gasteiger charge is 2.34. The molecule has 0 radical (unpaired) electrons. The fourth-order valence-electron chi connectivity index (χ4n) is 1.94. The number of esters is 1. The maximum Gasteiger partial charge on any atom is 0.417 e. The van der Waals surface area contributed by atoms with Crippen molar-refractivity contribution in [1.29, 1.82) is 0 Å². The molecule has 0 fully saturated rings. The summed E-state index contributed by atoms with van der Waals surface area (Å²) < 4.78 is 43.6. The van der Waals surface area contributed by atoms with Crippen LogP contribution in [0, 0.1) is 0 Å². The zero-order chi connectivity index (χ0) is 15.6. The Bertz CT molecular complexity index is 683. The van der Waals surface area contributed by atoms with Crippen molar-refractivity contribution in [1.82, 2.24) is 4.98 Å². The minimum atomic E-state index is -4.60. The standard InChI is InChI=1S/C14H10F3NO3/c1-21-13(20)12-9(6-18-7-11(12)19)8-4-2-3-5-10(8)14(15,16)17/h2-7,19H,1H3. The maximum atomic E-state index is 13.1. The number of hydrogen-bond donors (Lipinski definition) is 1. The number of rotatable bonds is 2. The Morgan fingerprint density at radius 3 is 2.48 bits per heavy atom. The van der Waals surface area contributed by atoms with E-state index < -0.39 is 23.5 Å². The van der Waals surface area contributed by atoms with Gasteiger partial charge in [0, 0.05) is 11.8 Å². The van der Waals surface area contributed by atoms with E-state index in [9.17, 15) is 23.1 Å². The van der Waals surface area contributed by atoms with Crippen molar-refractivity contribution in [3.63, 3.8) is 0 Å². The molecule has 0 aliphatic carbocycles. The predicted molar refractivity (Wildman–Crippen MR) is 67.7 cm³/mol. The van der Waals surface area contributed by atoms with Gasteiger partial charge in [-0.1, -0.05) is 18.2 Å². The van der Waals surface area contributed by atoms with Crippen molar-refractivity contribution in [2.75, 3.05) is 7.11 Å². The third-order valence-corrected chi connectivity index (χ3v) is 2.84. The van der Waals surface area contributed by atoms with Crippen LogP contribution in [0.1, 0.15) is 15.9 Å². The smallest absolute Gasteiger partial charge is 0.417 e. The van der Waals surface area contributed by atoms with E-state index in [-0.39, 0.29) is 16.7 Å². The van der Waals surface area contributed by atoms with E-state index in [1.54, 1.807) is 0 Å². The Labute approximate surface area is 117 Å². The Morgan fingerprint density at radius 1 is 1.19 bits per heavy atom. The number of ether oxygens (including phenoxy) is 1. The molecular formula is C14H10F3NO3. The molecule has 1 aromatic carbocycles. The SMILES string of the molecule is COC(=O)c1c(O)cncc1-c1ccccc1C(F)(F)F. The lowest BCUT2D eigenvalue weighted by Crippen LogP contribution is -2.10. The highest BCUT2D eigenvalue weighted by Crippen LogP contribution is 2.39. The van der Waals surface area contributed by atoms with E-state index in [1.165, 1.54) is 18.2 Å². The maximum absolute atomic E-state index is 13.1. The first-order valence-electron chi connectivity index (χ1n) is 5.78. The second kappa shape index (κ2) is 5.43. The van der Waals surface area contributed by atoms with Crippen LogP contribution in [-0.4, -0.2) is 23.2 Å². The van der Waals surface area contributed by atoms with Gasteiger partial charge >= 0.3 is 12.1 Å². The summed E-state index contributed by atoms with van der Waals surface area (Å²) in [4.78, 5) is 15.3. The summed E-state index contributed by atoms with van der Waals surface area (Å²) in [7, 11) is 1.07. The summed E-state index contributed by atoms with van der Waals surface area (Å²) in [6, 6.07) is 4.72. The fourth-order valence-corrected chi connectivity index (χ4v) is 1.94. The highest BCUT2D eigenvalue weighted by atomic mass is 19.4.